The maximum atomic E-state index is 11.8. The lowest BCUT2D eigenvalue weighted by Crippen LogP contribution is -2.32. The normalized spacial score (nSPS) is 10.0. The van der Waals surface area contributed by atoms with Gasteiger partial charge in [0.25, 0.3) is 0 Å². The van der Waals surface area contributed by atoms with Crippen LogP contribution >= 0.6 is 0 Å². The number of carboxylic acid groups (broad SMARTS) is 1. The smallest absolute Gasteiger partial charge is 0.339 e. The number of anilines is 1. The number of hydrogen-bond donors (Lipinski definition) is 3. The molecule has 1 aromatic carbocycles. The van der Waals surface area contributed by atoms with Crippen LogP contribution in [0.25, 0.3) is 0 Å². The van der Waals surface area contributed by atoms with Crippen LogP contribution in [-0.2, 0) is 0 Å². The Hall–Kier alpha value is -2.24. The number of phenols is 1. The molecule has 0 aliphatic rings. The van der Waals surface area contributed by atoms with Gasteiger partial charge in [0.05, 0.1) is 0 Å². The summed E-state index contributed by atoms with van der Waals surface area (Å²) in [5, 5.41) is 20.8. The van der Waals surface area contributed by atoms with Crippen LogP contribution in [0.1, 0.15) is 30.1 Å². The van der Waals surface area contributed by atoms with Crippen LogP contribution in [0.3, 0.4) is 0 Å². The molecule has 1 aromatic rings. The summed E-state index contributed by atoms with van der Waals surface area (Å²) < 4.78 is 0. The highest BCUT2D eigenvalue weighted by Crippen LogP contribution is 2.21. The van der Waals surface area contributed by atoms with Gasteiger partial charge in [-0.25, -0.2) is 9.59 Å². The van der Waals surface area contributed by atoms with Crippen molar-refractivity contribution in [2.75, 3.05) is 18.9 Å². The van der Waals surface area contributed by atoms with E-state index in [2.05, 4.69) is 5.32 Å². The van der Waals surface area contributed by atoms with Crippen molar-refractivity contribution in [2.24, 2.45) is 0 Å². The van der Waals surface area contributed by atoms with E-state index < -0.39 is 5.97 Å². The van der Waals surface area contributed by atoms with Gasteiger partial charge in [-0.15, -0.1) is 0 Å². The Morgan fingerprint density at radius 1 is 1.37 bits per heavy atom. The predicted molar refractivity (Wildman–Crippen MR) is 71.6 cm³/mol. The largest absolute Gasteiger partial charge is 0.507 e. The number of aromatic hydroxyl groups is 1. The highest BCUT2D eigenvalue weighted by Gasteiger charge is 2.13. The zero-order valence-corrected chi connectivity index (χ0v) is 11.0. The predicted octanol–water partition coefficient (Wildman–Crippen LogP) is 2.35. The van der Waals surface area contributed by atoms with Crippen LogP contribution in [0.15, 0.2) is 18.2 Å². The molecule has 0 aliphatic carbocycles. The maximum Gasteiger partial charge on any atom is 0.339 e. The van der Waals surface area contributed by atoms with Gasteiger partial charge in [-0.1, -0.05) is 13.3 Å². The molecule has 0 spiro atoms. The fourth-order valence-corrected chi connectivity index (χ4v) is 1.50. The molecule has 6 nitrogen and oxygen atoms in total. The van der Waals surface area contributed by atoms with E-state index in [1.165, 1.54) is 23.1 Å². The number of hydrogen-bond acceptors (Lipinski definition) is 3. The first kappa shape index (κ1) is 14.8. The molecule has 0 aliphatic heterocycles. The van der Waals surface area contributed by atoms with E-state index in [0.29, 0.717) is 12.2 Å². The standard InChI is InChI=1S/C13H18N2O4/c1-3-4-7-15(2)13(19)14-9-5-6-11(16)10(8-9)12(17)18/h5-6,8,16H,3-4,7H2,1-2H3,(H,14,19)(H,17,18). The van der Waals surface area contributed by atoms with Gasteiger partial charge in [0.2, 0.25) is 0 Å². The van der Waals surface area contributed by atoms with E-state index in [1.807, 2.05) is 6.92 Å². The summed E-state index contributed by atoms with van der Waals surface area (Å²) in [6.07, 6.45) is 1.89. The second kappa shape index (κ2) is 6.63. The van der Waals surface area contributed by atoms with Crippen molar-refractivity contribution in [2.45, 2.75) is 19.8 Å². The van der Waals surface area contributed by atoms with Gasteiger partial charge in [0.1, 0.15) is 11.3 Å². The van der Waals surface area contributed by atoms with Gasteiger partial charge in [0.15, 0.2) is 0 Å². The average molecular weight is 266 g/mol. The molecule has 0 saturated carbocycles. The van der Waals surface area contributed by atoms with Crippen LogP contribution in [0.2, 0.25) is 0 Å². The average Bonchev–Trinajstić information content (AvgIpc) is 2.37. The van der Waals surface area contributed by atoms with Gasteiger partial charge in [-0.2, -0.15) is 0 Å². The molecular weight excluding hydrogens is 248 g/mol. The third-order valence-corrected chi connectivity index (χ3v) is 2.67. The second-order valence-corrected chi connectivity index (χ2v) is 4.24. The SMILES string of the molecule is CCCCN(C)C(=O)Nc1ccc(O)c(C(=O)O)c1. The van der Waals surface area contributed by atoms with E-state index in [9.17, 15) is 14.7 Å². The lowest BCUT2D eigenvalue weighted by Gasteiger charge is -2.17. The summed E-state index contributed by atoms with van der Waals surface area (Å²) >= 11 is 0. The van der Waals surface area contributed by atoms with Crippen molar-refractivity contribution >= 4 is 17.7 Å². The fraction of sp³-hybridized carbons (Fsp3) is 0.385. The van der Waals surface area contributed by atoms with Gasteiger partial charge in [0, 0.05) is 19.3 Å². The Bertz CT molecular complexity index is 474. The molecule has 0 heterocycles. The fourth-order valence-electron chi connectivity index (χ4n) is 1.50. The molecule has 6 heteroatoms. The highest BCUT2D eigenvalue weighted by atomic mass is 16.4. The Labute approximate surface area is 111 Å². The molecule has 0 fully saturated rings. The number of aromatic carboxylic acids is 1. The summed E-state index contributed by atoms with van der Waals surface area (Å²) in [5.41, 5.74) is 0.0950. The van der Waals surface area contributed by atoms with Crippen molar-refractivity contribution in [3.8, 4) is 5.75 Å². The molecule has 0 saturated heterocycles. The van der Waals surface area contributed by atoms with Crippen molar-refractivity contribution in [1.29, 1.82) is 0 Å². The minimum Gasteiger partial charge on any atom is -0.507 e. The maximum absolute atomic E-state index is 11.8. The topological polar surface area (TPSA) is 89.9 Å². The summed E-state index contributed by atoms with van der Waals surface area (Å²) in [4.78, 5) is 24.2. The lowest BCUT2D eigenvalue weighted by atomic mass is 10.2. The molecule has 0 aromatic heterocycles. The first-order chi connectivity index (χ1) is 8.95. The number of nitrogens with zero attached hydrogens (tertiary/aromatic N) is 1. The quantitative estimate of drug-likeness (QED) is 0.713. The number of carbonyl (C=O) groups is 2. The van der Waals surface area contributed by atoms with Crippen molar-refractivity contribution in [1.82, 2.24) is 4.90 Å². The Morgan fingerprint density at radius 3 is 2.63 bits per heavy atom. The number of nitrogens with one attached hydrogen (secondary N) is 1. The number of amides is 2. The number of rotatable bonds is 5. The number of urea groups is 1. The van der Waals surface area contributed by atoms with Crippen LogP contribution in [0.5, 0.6) is 5.75 Å². The molecule has 19 heavy (non-hydrogen) atoms. The van der Waals surface area contributed by atoms with Crippen LogP contribution in [-0.4, -0.2) is 40.7 Å². The molecule has 0 bridgehead atoms. The molecule has 0 unspecified atom stereocenters. The Kier molecular flexibility index (Phi) is 5.17. The summed E-state index contributed by atoms with van der Waals surface area (Å²) in [6, 6.07) is 3.61. The third kappa shape index (κ3) is 4.17. The summed E-state index contributed by atoms with van der Waals surface area (Å²) in [6.45, 7) is 2.66. The Morgan fingerprint density at radius 2 is 2.05 bits per heavy atom. The van der Waals surface area contributed by atoms with Crippen LogP contribution < -0.4 is 5.32 Å². The van der Waals surface area contributed by atoms with Crippen molar-refractivity contribution < 1.29 is 19.8 Å². The molecular formula is C13H18N2O4. The summed E-state index contributed by atoms with van der Waals surface area (Å²) in [7, 11) is 1.67. The minimum absolute atomic E-state index is 0.242. The third-order valence-electron chi connectivity index (χ3n) is 2.67. The van der Waals surface area contributed by atoms with Crippen molar-refractivity contribution in [3.05, 3.63) is 23.8 Å². The first-order valence-corrected chi connectivity index (χ1v) is 6.04. The van der Waals surface area contributed by atoms with Gasteiger partial charge < -0.3 is 20.4 Å². The van der Waals surface area contributed by atoms with E-state index in [0.717, 1.165) is 12.8 Å². The molecule has 0 atom stereocenters. The molecule has 1 rings (SSSR count). The number of carbonyl (C=O) groups excluding carboxylic acids is 1. The number of carboxylic acids is 1. The van der Waals surface area contributed by atoms with Crippen molar-refractivity contribution in [3.63, 3.8) is 0 Å². The van der Waals surface area contributed by atoms with Gasteiger partial charge in [-0.3, -0.25) is 0 Å². The lowest BCUT2D eigenvalue weighted by molar-refractivity contribution is 0.0693. The van der Waals surface area contributed by atoms with E-state index >= 15 is 0 Å². The van der Waals surface area contributed by atoms with Gasteiger partial charge in [-0.05, 0) is 24.6 Å². The molecule has 104 valence electrons. The Balaban J connectivity index is 2.74. The zero-order valence-electron chi connectivity index (χ0n) is 11.0. The first-order valence-electron chi connectivity index (χ1n) is 6.04. The zero-order chi connectivity index (χ0) is 14.4. The monoisotopic (exact) mass is 266 g/mol. The number of unbranched alkanes of at least 4 members (excludes halogenated alkanes) is 1. The minimum atomic E-state index is -1.24. The highest BCUT2D eigenvalue weighted by molar-refractivity contribution is 5.95. The summed E-state index contributed by atoms with van der Waals surface area (Å²) in [5.74, 6) is -1.57. The molecule has 0 radical (unpaired) electrons. The van der Waals surface area contributed by atoms with E-state index in [4.69, 9.17) is 5.11 Å². The van der Waals surface area contributed by atoms with Crippen LogP contribution in [0.4, 0.5) is 10.5 Å². The molecule has 3 N–H and O–H groups in total. The van der Waals surface area contributed by atoms with E-state index in [-0.39, 0.29) is 17.3 Å². The second-order valence-electron chi connectivity index (χ2n) is 4.24. The number of benzene rings is 1. The van der Waals surface area contributed by atoms with E-state index in [1.54, 1.807) is 7.05 Å². The molecule has 2 amide bonds. The van der Waals surface area contributed by atoms with Gasteiger partial charge >= 0.3 is 12.0 Å². The van der Waals surface area contributed by atoms with Crippen LogP contribution in [0, 0.1) is 0 Å².